The largest absolute Gasteiger partial charge is 0.347 e. The number of thiazole rings is 1. The van der Waals surface area contributed by atoms with Crippen molar-refractivity contribution in [2.75, 3.05) is 31.1 Å². The van der Waals surface area contributed by atoms with Crippen molar-refractivity contribution >= 4 is 26.7 Å². The number of fused-ring (bicyclic) bond motifs is 1. The Morgan fingerprint density at radius 3 is 2.64 bits per heavy atom. The molecule has 1 aromatic heterocycles. The van der Waals surface area contributed by atoms with Gasteiger partial charge in [-0.3, -0.25) is 4.90 Å². The molecule has 1 fully saturated rings. The maximum absolute atomic E-state index is 8.91. The Kier molecular flexibility index (Phi) is 4.64. The third kappa shape index (κ3) is 3.65. The summed E-state index contributed by atoms with van der Waals surface area (Å²) in [6.45, 7) is 5.15. The van der Waals surface area contributed by atoms with Crippen LogP contribution in [0.25, 0.3) is 10.2 Å². The van der Waals surface area contributed by atoms with Gasteiger partial charge in [0.2, 0.25) is 0 Å². The van der Waals surface area contributed by atoms with Crippen molar-refractivity contribution in [3.05, 3.63) is 59.7 Å². The van der Waals surface area contributed by atoms with Crippen molar-refractivity contribution in [1.82, 2.24) is 9.88 Å². The number of para-hydroxylation sites is 1. The van der Waals surface area contributed by atoms with Crippen molar-refractivity contribution in [2.45, 2.75) is 13.0 Å². The molecule has 0 bridgehead atoms. The van der Waals surface area contributed by atoms with Gasteiger partial charge in [-0.05, 0) is 36.2 Å². The van der Waals surface area contributed by atoms with Crippen LogP contribution in [0.5, 0.6) is 0 Å². The van der Waals surface area contributed by atoms with E-state index in [1.807, 2.05) is 18.2 Å². The zero-order valence-electron chi connectivity index (χ0n) is 14.1. The average molecular weight is 348 g/mol. The van der Waals surface area contributed by atoms with E-state index < -0.39 is 0 Å². The summed E-state index contributed by atoms with van der Waals surface area (Å²) < 4.78 is 1.26. The Hall–Kier alpha value is -2.42. The van der Waals surface area contributed by atoms with Crippen LogP contribution in [-0.4, -0.2) is 36.1 Å². The molecule has 0 atom stereocenters. The monoisotopic (exact) mass is 348 g/mol. The van der Waals surface area contributed by atoms with E-state index in [9.17, 15) is 0 Å². The molecule has 1 aliphatic heterocycles. The predicted octanol–water partition coefficient (Wildman–Crippen LogP) is 3.88. The molecule has 0 N–H and O–H groups in total. The number of benzene rings is 2. The van der Waals surface area contributed by atoms with Crippen LogP contribution in [0.3, 0.4) is 0 Å². The zero-order valence-corrected chi connectivity index (χ0v) is 14.9. The van der Waals surface area contributed by atoms with E-state index in [1.165, 1.54) is 10.3 Å². The Morgan fingerprint density at radius 1 is 1.00 bits per heavy atom. The van der Waals surface area contributed by atoms with Crippen LogP contribution in [-0.2, 0) is 6.54 Å². The van der Waals surface area contributed by atoms with Crippen LogP contribution >= 0.6 is 11.3 Å². The van der Waals surface area contributed by atoms with Gasteiger partial charge >= 0.3 is 0 Å². The molecule has 126 valence electrons. The van der Waals surface area contributed by atoms with Crippen molar-refractivity contribution in [1.29, 1.82) is 5.26 Å². The second-order valence-electron chi connectivity index (χ2n) is 6.39. The first kappa shape index (κ1) is 16.1. The molecule has 0 unspecified atom stereocenters. The molecule has 0 saturated carbocycles. The van der Waals surface area contributed by atoms with E-state index in [4.69, 9.17) is 10.2 Å². The van der Waals surface area contributed by atoms with Gasteiger partial charge in [-0.15, -0.1) is 0 Å². The minimum Gasteiger partial charge on any atom is -0.347 e. The molecule has 1 saturated heterocycles. The summed E-state index contributed by atoms with van der Waals surface area (Å²) in [5.74, 6) is 0. The maximum Gasteiger partial charge on any atom is 0.186 e. The number of anilines is 1. The Morgan fingerprint density at radius 2 is 1.84 bits per heavy atom. The van der Waals surface area contributed by atoms with Crippen LogP contribution in [0.4, 0.5) is 5.13 Å². The van der Waals surface area contributed by atoms with Crippen LogP contribution in [0.2, 0.25) is 0 Å². The summed E-state index contributed by atoms with van der Waals surface area (Å²) in [7, 11) is 0. The highest BCUT2D eigenvalue weighted by molar-refractivity contribution is 7.22. The lowest BCUT2D eigenvalue weighted by atomic mass is 10.1. The Balaban J connectivity index is 1.42. The maximum atomic E-state index is 8.91. The van der Waals surface area contributed by atoms with Crippen molar-refractivity contribution in [2.24, 2.45) is 0 Å². The summed E-state index contributed by atoms with van der Waals surface area (Å²) >= 11 is 1.79. The van der Waals surface area contributed by atoms with Crippen LogP contribution in [0.1, 0.15) is 17.5 Å². The van der Waals surface area contributed by atoms with E-state index in [0.29, 0.717) is 0 Å². The smallest absolute Gasteiger partial charge is 0.186 e. The lowest BCUT2D eigenvalue weighted by Gasteiger charge is -2.21. The third-order valence-electron chi connectivity index (χ3n) is 4.63. The predicted molar refractivity (Wildman–Crippen MR) is 103 cm³/mol. The quantitative estimate of drug-likeness (QED) is 0.720. The van der Waals surface area contributed by atoms with E-state index in [-0.39, 0.29) is 0 Å². The number of nitriles is 1. The molecule has 2 heterocycles. The summed E-state index contributed by atoms with van der Waals surface area (Å²) in [4.78, 5) is 9.72. The molecule has 0 spiro atoms. The van der Waals surface area contributed by atoms with Gasteiger partial charge in [-0.1, -0.05) is 35.6 Å². The molecule has 1 aliphatic rings. The standard InChI is InChI=1S/C20H20N4S/c21-14-16-6-8-17(9-7-16)15-23-10-3-11-24(13-12-23)20-22-18-4-1-2-5-19(18)25-20/h1-2,4-9H,3,10-13,15H2. The molecule has 0 radical (unpaired) electrons. The summed E-state index contributed by atoms with van der Waals surface area (Å²) in [5.41, 5.74) is 3.09. The van der Waals surface area contributed by atoms with Crippen molar-refractivity contribution in [3.63, 3.8) is 0 Å². The van der Waals surface area contributed by atoms with Gasteiger partial charge < -0.3 is 4.90 Å². The minimum atomic E-state index is 0.724. The normalized spacial score (nSPS) is 15.9. The first-order valence-electron chi connectivity index (χ1n) is 8.64. The topological polar surface area (TPSA) is 43.2 Å². The molecule has 5 heteroatoms. The highest BCUT2D eigenvalue weighted by atomic mass is 32.1. The zero-order chi connectivity index (χ0) is 17.1. The third-order valence-corrected chi connectivity index (χ3v) is 5.73. The van der Waals surface area contributed by atoms with E-state index >= 15 is 0 Å². The van der Waals surface area contributed by atoms with E-state index in [2.05, 4.69) is 46.2 Å². The molecular weight excluding hydrogens is 328 g/mol. The molecular formula is C20H20N4S. The number of rotatable bonds is 3. The summed E-state index contributed by atoms with van der Waals surface area (Å²) in [6.07, 6.45) is 1.15. The Labute approximate surface area is 151 Å². The van der Waals surface area contributed by atoms with Crippen molar-refractivity contribution in [3.8, 4) is 6.07 Å². The van der Waals surface area contributed by atoms with Gasteiger partial charge in [-0.25, -0.2) is 4.98 Å². The lowest BCUT2D eigenvalue weighted by molar-refractivity contribution is 0.285. The van der Waals surface area contributed by atoms with Gasteiger partial charge in [0.05, 0.1) is 21.8 Å². The fraction of sp³-hybridized carbons (Fsp3) is 0.300. The summed E-state index contributed by atoms with van der Waals surface area (Å²) in [6, 6.07) is 18.5. The molecule has 2 aromatic carbocycles. The Bertz CT molecular complexity index is 861. The molecule has 25 heavy (non-hydrogen) atoms. The first-order chi connectivity index (χ1) is 12.3. The molecule has 0 amide bonds. The molecule has 3 aromatic rings. The fourth-order valence-corrected chi connectivity index (χ4v) is 4.28. The van der Waals surface area contributed by atoms with Crippen LogP contribution in [0.15, 0.2) is 48.5 Å². The first-order valence-corrected chi connectivity index (χ1v) is 9.45. The molecule has 4 nitrogen and oxygen atoms in total. The molecule has 4 rings (SSSR count). The average Bonchev–Trinajstić information content (AvgIpc) is 2.95. The van der Waals surface area contributed by atoms with Gasteiger partial charge in [0.15, 0.2) is 5.13 Å². The van der Waals surface area contributed by atoms with Gasteiger partial charge in [0.25, 0.3) is 0 Å². The second kappa shape index (κ2) is 7.22. The van der Waals surface area contributed by atoms with Gasteiger partial charge in [0, 0.05) is 32.7 Å². The van der Waals surface area contributed by atoms with E-state index in [0.717, 1.165) is 55.4 Å². The van der Waals surface area contributed by atoms with Gasteiger partial charge in [-0.2, -0.15) is 5.26 Å². The lowest BCUT2D eigenvalue weighted by Crippen LogP contribution is -2.30. The fourth-order valence-electron chi connectivity index (χ4n) is 3.26. The van der Waals surface area contributed by atoms with Crippen LogP contribution < -0.4 is 4.90 Å². The summed E-state index contributed by atoms with van der Waals surface area (Å²) in [5, 5.41) is 10.0. The van der Waals surface area contributed by atoms with Crippen LogP contribution in [0, 0.1) is 11.3 Å². The SMILES string of the molecule is N#Cc1ccc(CN2CCCN(c3nc4ccccc4s3)CC2)cc1. The molecule has 0 aliphatic carbocycles. The highest BCUT2D eigenvalue weighted by Crippen LogP contribution is 2.29. The minimum absolute atomic E-state index is 0.724. The highest BCUT2D eigenvalue weighted by Gasteiger charge is 2.18. The van der Waals surface area contributed by atoms with E-state index in [1.54, 1.807) is 11.3 Å². The number of hydrogen-bond acceptors (Lipinski definition) is 5. The number of nitrogens with zero attached hydrogens (tertiary/aromatic N) is 4. The number of aromatic nitrogens is 1. The van der Waals surface area contributed by atoms with Gasteiger partial charge in [0.1, 0.15) is 0 Å². The van der Waals surface area contributed by atoms with Crippen molar-refractivity contribution < 1.29 is 0 Å². The second-order valence-corrected chi connectivity index (χ2v) is 7.40. The number of hydrogen-bond donors (Lipinski definition) is 0.